The summed E-state index contributed by atoms with van der Waals surface area (Å²) in [6.07, 6.45) is 1.46. The molecule has 4 rings (SSSR count). The van der Waals surface area contributed by atoms with Gasteiger partial charge in [0.25, 0.3) is 0 Å². The molecule has 2 aromatic heterocycles. The average Bonchev–Trinajstić information content (AvgIpc) is 2.57. The zero-order valence-electron chi connectivity index (χ0n) is 12.8. The van der Waals surface area contributed by atoms with E-state index in [-0.39, 0.29) is 0 Å². The lowest BCUT2D eigenvalue weighted by Crippen LogP contribution is -1.90. The van der Waals surface area contributed by atoms with Crippen LogP contribution in [0.4, 0.5) is 0 Å². The molecule has 0 unspecified atom stereocenters. The van der Waals surface area contributed by atoms with Crippen LogP contribution in [0.5, 0.6) is 0 Å². The van der Waals surface area contributed by atoms with Gasteiger partial charge in [0.1, 0.15) is 22.5 Å². The van der Waals surface area contributed by atoms with Crippen LogP contribution in [0, 0.1) is 6.92 Å². The van der Waals surface area contributed by atoms with Crippen molar-refractivity contribution in [3.8, 4) is 0 Å². The minimum atomic E-state index is 0.372. The molecule has 0 atom stereocenters. The predicted octanol–water partition coefficient (Wildman–Crippen LogP) is 6.18. The molecule has 2 aromatic carbocycles. The lowest BCUT2D eigenvalue weighted by atomic mass is 10.2. The molecule has 126 valence electrons. The maximum Gasteiger partial charge on any atom is 0.140 e. The molecular weight excluding hydrogens is 402 g/mol. The van der Waals surface area contributed by atoms with E-state index < -0.39 is 0 Å². The fourth-order valence-corrected chi connectivity index (χ4v) is 3.20. The standard InChI is InChI=1S/C9H5Cl3N2.C8H5ClN2/c1-4-13-8-6(9(12)14-4)2-5(10)3-7(8)11;9-8-6-3-1-2-4-7(6)10-5-11-8/h2-3H,1H3;1-5H. The Morgan fingerprint density at radius 1 is 0.800 bits per heavy atom. The molecule has 0 aliphatic heterocycles. The fraction of sp³-hybridized carbons (Fsp3) is 0.0588. The molecule has 0 bridgehead atoms. The van der Waals surface area contributed by atoms with Crippen molar-refractivity contribution in [2.45, 2.75) is 6.92 Å². The maximum atomic E-state index is 5.97. The average molecular weight is 412 g/mol. The van der Waals surface area contributed by atoms with Crippen LogP contribution in [0.2, 0.25) is 20.4 Å². The van der Waals surface area contributed by atoms with Crippen molar-refractivity contribution in [3.63, 3.8) is 0 Å². The minimum Gasteiger partial charge on any atom is -0.236 e. The van der Waals surface area contributed by atoms with E-state index in [1.807, 2.05) is 24.3 Å². The van der Waals surface area contributed by atoms with E-state index in [1.165, 1.54) is 6.33 Å². The van der Waals surface area contributed by atoms with Crippen LogP contribution < -0.4 is 0 Å². The normalized spacial score (nSPS) is 10.6. The molecular formula is C17H10Cl4N4. The molecule has 0 radical (unpaired) electrons. The first-order valence-electron chi connectivity index (χ1n) is 7.10. The fourth-order valence-electron chi connectivity index (χ4n) is 2.20. The lowest BCUT2D eigenvalue weighted by molar-refractivity contribution is 1.09. The van der Waals surface area contributed by atoms with Crippen molar-refractivity contribution in [3.05, 3.63) is 68.9 Å². The Balaban J connectivity index is 0.000000150. The zero-order valence-corrected chi connectivity index (χ0v) is 15.9. The molecule has 0 spiro atoms. The molecule has 4 nitrogen and oxygen atoms in total. The number of aromatic nitrogens is 4. The monoisotopic (exact) mass is 410 g/mol. The highest BCUT2D eigenvalue weighted by molar-refractivity contribution is 6.41. The Hall–Kier alpha value is -1.72. The first-order chi connectivity index (χ1) is 12.0. The SMILES string of the molecule is Cc1nc(Cl)c2cc(Cl)cc(Cl)c2n1.Clc1ncnc2ccccc12. The second kappa shape index (κ2) is 7.67. The van der Waals surface area contributed by atoms with Crippen LogP contribution in [-0.2, 0) is 0 Å². The molecule has 8 heteroatoms. The third-order valence-corrected chi connectivity index (χ3v) is 4.37. The van der Waals surface area contributed by atoms with Gasteiger partial charge >= 0.3 is 0 Å². The highest BCUT2D eigenvalue weighted by atomic mass is 35.5. The van der Waals surface area contributed by atoms with Gasteiger partial charge in [-0.15, -0.1) is 0 Å². The largest absolute Gasteiger partial charge is 0.236 e. The van der Waals surface area contributed by atoms with Crippen LogP contribution in [0.3, 0.4) is 0 Å². The Morgan fingerprint density at radius 3 is 2.32 bits per heavy atom. The zero-order chi connectivity index (χ0) is 18.0. The summed E-state index contributed by atoms with van der Waals surface area (Å²) in [7, 11) is 0. The summed E-state index contributed by atoms with van der Waals surface area (Å²) in [6, 6.07) is 11.0. The van der Waals surface area contributed by atoms with Gasteiger partial charge in [0, 0.05) is 15.8 Å². The second-order valence-corrected chi connectivity index (χ2v) is 6.59. The first kappa shape index (κ1) is 18.1. The van der Waals surface area contributed by atoms with Gasteiger partial charge in [-0.1, -0.05) is 58.5 Å². The Kier molecular flexibility index (Phi) is 5.54. The van der Waals surface area contributed by atoms with Crippen molar-refractivity contribution >= 4 is 68.2 Å². The predicted molar refractivity (Wildman–Crippen MR) is 104 cm³/mol. The number of halogens is 4. The molecule has 0 aliphatic rings. The van der Waals surface area contributed by atoms with Crippen molar-refractivity contribution in [1.29, 1.82) is 0 Å². The van der Waals surface area contributed by atoms with Gasteiger partial charge in [0.15, 0.2) is 0 Å². The summed E-state index contributed by atoms with van der Waals surface area (Å²) >= 11 is 23.6. The van der Waals surface area contributed by atoms with E-state index in [0.29, 0.717) is 37.1 Å². The third-order valence-electron chi connectivity index (χ3n) is 3.28. The molecule has 0 fully saturated rings. The molecule has 0 aliphatic carbocycles. The summed E-state index contributed by atoms with van der Waals surface area (Å²) in [4.78, 5) is 16.1. The van der Waals surface area contributed by atoms with Gasteiger partial charge in [0.05, 0.1) is 16.1 Å². The summed E-state index contributed by atoms with van der Waals surface area (Å²) in [5, 5.41) is 3.47. The van der Waals surface area contributed by atoms with Crippen molar-refractivity contribution < 1.29 is 0 Å². The molecule has 0 saturated heterocycles. The molecule has 0 saturated carbocycles. The lowest BCUT2D eigenvalue weighted by Gasteiger charge is -2.03. The van der Waals surface area contributed by atoms with Crippen molar-refractivity contribution in [2.75, 3.05) is 0 Å². The number of hydrogen-bond donors (Lipinski definition) is 0. The third kappa shape index (κ3) is 4.10. The van der Waals surface area contributed by atoms with Crippen LogP contribution >= 0.6 is 46.4 Å². The smallest absolute Gasteiger partial charge is 0.140 e. The number of para-hydroxylation sites is 1. The van der Waals surface area contributed by atoms with E-state index in [9.17, 15) is 0 Å². The van der Waals surface area contributed by atoms with Crippen molar-refractivity contribution in [1.82, 2.24) is 19.9 Å². The first-order valence-corrected chi connectivity index (χ1v) is 8.61. The topological polar surface area (TPSA) is 51.6 Å². The quantitative estimate of drug-likeness (QED) is 0.324. The number of nitrogens with zero attached hydrogens (tertiary/aromatic N) is 4. The van der Waals surface area contributed by atoms with Crippen LogP contribution in [0.1, 0.15) is 5.82 Å². The summed E-state index contributed by atoms with van der Waals surface area (Å²) in [5.74, 6) is 0.590. The summed E-state index contributed by atoms with van der Waals surface area (Å²) in [6.45, 7) is 1.76. The highest BCUT2D eigenvalue weighted by Gasteiger charge is 2.08. The summed E-state index contributed by atoms with van der Waals surface area (Å²) < 4.78 is 0. The van der Waals surface area contributed by atoms with E-state index >= 15 is 0 Å². The number of benzene rings is 2. The summed E-state index contributed by atoms with van der Waals surface area (Å²) in [5.41, 5.74) is 1.51. The van der Waals surface area contributed by atoms with E-state index in [4.69, 9.17) is 46.4 Å². The van der Waals surface area contributed by atoms with Crippen LogP contribution in [0.25, 0.3) is 21.8 Å². The van der Waals surface area contributed by atoms with Gasteiger partial charge in [-0.05, 0) is 31.2 Å². The van der Waals surface area contributed by atoms with Crippen molar-refractivity contribution in [2.24, 2.45) is 0 Å². The van der Waals surface area contributed by atoms with E-state index in [1.54, 1.807) is 19.1 Å². The van der Waals surface area contributed by atoms with Gasteiger partial charge in [-0.3, -0.25) is 0 Å². The van der Waals surface area contributed by atoms with Gasteiger partial charge in [0.2, 0.25) is 0 Å². The van der Waals surface area contributed by atoms with Gasteiger partial charge < -0.3 is 0 Å². The van der Waals surface area contributed by atoms with E-state index in [2.05, 4.69) is 19.9 Å². The second-order valence-electron chi connectivity index (χ2n) is 5.03. The van der Waals surface area contributed by atoms with Gasteiger partial charge in [-0.25, -0.2) is 19.9 Å². The number of rotatable bonds is 0. The molecule has 0 N–H and O–H groups in total. The Bertz CT molecular complexity index is 1020. The maximum absolute atomic E-state index is 5.97. The molecule has 0 amide bonds. The number of fused-ring (bicyclic) bond motifs is 2. The number of aryl methyl sites for hydroxylation is 1. The van der Waals surface area contributed by atoms with Crippen LogP contribution in [-0.4, -0.2) is 19.9 Å². The highest BCUT2D eigenvalue weighted by Crippen LogP contribution is 2.30. The van der Waals surface area contributed by atoms with Crippen LogP contribution in [0.15, 0.2) is 42.7 Å². The molecule has 2 heterocycles. The molecule has 25 heavy (non-hydrogen) atoms. The Morgan fingerprint density at radius 2 is 1.56 bits per heavy atom. The van der Waals surface area contributed by atoms with E-state index in [0.717, 1.165) is 10.9 Å². The Labute approximate surface area is 163 Å². The molecule has 4 aromatic rings. The number of hydrogen-bond acceptors (Lipinski definition) is 4. The minimum absolute atomic E-state index is 0.372. The van der Waals surface area contributed by atoms with Gasteiger partial charge in [-0.2, -0.15) is 0 Å².